The molecule has 160 valence electrons. The Morgan fingerprint density at radius 3 is 2.60 bits per heavy atom. The van der Waals surface area contributed by atoms with Gasteiger partial charge in [0.25, 0.3) is 0 Å². The third kappa shape index (κ3) is 5.28. The number of aromatic nitrogens is 4. The van der Waals surface area contributed by atoms with Gasteiger partial charge in [-0.25, -0.2) is 9.67 Å². The fraction of sp³-hybridized carbons (Fsp3) is 0.400. The summed E-state index contributed by atoms with van der Waals surface area (Å²) < 4.78 is 6.29. The van der Waals surface area contributed by atoms with Gasteiger partial charge >= 0.3 is 0 Å². The Labute approximate surface area is 198 Å². The third-order valence-corrected chi connectivity index (χ3v) is 5.76. The molecule has 0 radical (unpaired) electrons. The zero-order valence-electron chi connectivity index (χ0n) is 17.2. The number of aryl methyl sites for hydroxylation is 1. The predicted molar refractivity (Wildman–Crippen MR) is 132 cm³/mol. The highest BCUT2D eigenvalue weighted by Gasteiger charge is 2.22. The van der Waals surface area contributed by atoms with E-state index in [4.69, 9.17) is 0 Å². The van der Waals surface area contributed by atoms with Gasteiger partial charge in [0.15, 0.2) is 5.96 Å². The molecule has 0 spiro atoms. The van der Waals surface area contributed by atoms with Gasteiger partial charge in [-0.1, -0.05) is 25.1 Å². The Balaban J connectivity index is 0.00000256. The van der Waals surface area contributed by atoms with Crippen LogP contribution < -0.4 is 10.2 Å². The second-order valence-corrected chi connectivity index (χ2v) is 7.58. The molecule has 3 heterocycles. The number of aliphatic imine (C=N–C) groups is 1. The first kappa shape index (κ1) is 22.5. The van der Waals surface area contributed by atoms with E-state index in [-0.39, 0.29) is 24.0 Å². The molecule has 0 aliphatic carbocycles. The van der Waals surface area contributed by atoms with Crippen LogP contribution in [0.5, 0.6) is 0 Å². The summed E-state index contributed by atoms with van der Waals surface area (Å²) in [7, 11) is 1.83. The number of nitrogens with one attached hydrogen (secondary N) is 1. The Morgan fingerprint density at radius 1 is 1.17 bits per heavy atom. The quantitative estimate of drug-likeness (QED) is 0.306. The minimum atomic E-state index is 0. The summed E-state index contributed by atoms with van der Waals surface area (Å²) in [4.78, 5) is 13.7. The van der Waals surface area contributed by atoms with Crippen LogP contribution in [0.3, 0.4) is 0 Å². The van der Waals surface area contributed by atoms with Crippen molar-refractivity contribution in [2.75, 3.05) is 38.1 Å². The van der Waals surface area contributed by atoms with E-state index >= 15 is 0 Å². The normalized spacial score (nSPS) is 14.5. The number of benzene rings is 1. The molecule has 3 aromatic rings. The summed E-state index contributed by atoms with van der Waals surface area (Å²) in [6.45, 7) is 6.43. The number of nitrogens with zero attached hydrogens (tertiary/aromatic N) is 7. The first-order valence-electron chi connectivity index (χ1n) is 9.89. The molecule has 1 fully saturated rings. The van der Waals surface area contributed by atoms with Gasteiger partial charge in [-0.3, -0.25) is 4.99 Å². The van der Waals surface area contributed by atoms with Crippen molar-refractivity contribution in [2.45, 2.75) is 19.9 Å². The molecule has 0 amide bonds. The Bertz CT molecular complexity index is 947. The van der Waals surface area contributed by atoms with Gasteiger partial charge < -0.3 is 15.1 Å². The third-order valence-electron chi connectivity index (χ3n) is 4.94. The summed E-state index contributed by atoms with van der Waals surface area (Å²) in [6, 6.07) is 10.1. The number of guanidine groups is 1. The molecular formula is C20H27IN8S. The molecule has 1 saturated heterocycles. The molecule has 1 N–H and O–H groups in total. The van der Waals surface area contributed by atoms with Crippen LogP contribution in [-0.2, 0) is 13.0 Å². The highest BCUT2D eigenvalue weighted by molar-refractivity contribution is 14.0. The summed E-state index contributed by atoms with van der Waals surface area (Å²) in [6.07, 6.45) is 4.83. The largest absolute Gasteiger partial charge is 0.352 e. The van der Waals surface area contributed by atoms with Gasteiger partial charge in [0.1, 0.15) is 5.82 Å². The van der Waals surface area contributed by atoms with E-state index in [1.54, 1.807) is 0 Å². The monoisotopic (exact) mass is 538 g/mol. The Kier molecular flexibility index (Phi) is 8.02. The van der Waals surface area contributed by atoms with E-state index in [2.05, 4.69) is 41.5 Å². The smallest absolute Gasteiger partial charge is 0.205 e. The van der Waals surface area contributed by atoms with Crippen molar-refractivity contribution in [3.05, 3.63) is 54.1 Å². The Hall–Kier alpha value is -2.21. The predicted octanol–water partition coefficient (Wildman–Crippen LogP) is 2.80. The van der Waals surface area contributed by atoms with Crippen LogP contribution in [0.15, 0.2) is 47.7 Å². The lowest BCUT2D eigenvalue weighted by atomic mass is 10.3. The van der Waals surface area contributed by atoms with E-state index in [0.717, 1.165) is 60.8 Å². The molecule has 10 heteroatoms. The molecule has 0 unspecified atom stereocenters. The van der Waals surface area contributed by atoms with Crippen molar-refractivity contribution in [1.29, 1.82) is 0 Å². The van der Waals surface area contributed by atoms with Crippen LogP contribution in [0.1, 0.15) is 18.3 Å². The van der Waals surface area contributed by atoms with Crippen LogP contribution in [0.2, 0.25) is 0 Å². The van der Waals surface area contributed by atoms with Gasteiger partial charge in [-0.05, 0) is 12.1 Å². The number of anilines is 1. The highest BCUT2D eigenvalue weighted by atomic mass is 127. The standard InChI is InChI=1S/C20H26N8S.HI/c1-3-18-24-20(29-25-18)27-11-9-26(10-12-27)19(21-2)22-13-16-14-23-28(15-16)17-7-5-4-6-8-17;/h4-8,14-15H,3,9-13H2,1-2H3,(H,21,22);1H. The molecule has 0 bridgehead atoms. The summed E-state index contributed by atoms with van der Waals surface area (Å²) in [5, 5.41) is 8.95. The number of piperazine rings is 1. The minimum Gasteiger partial charge on any atom is -0.352 e. The number of rotatable bonds is 5. The van der Waals surface area contributed by atoms with Crippen molar-refractivity contribution < 1.29 is 0 Å². The van der Waals surface area contributed by atoms with Crippen molar-refractivity contribution >= 4 is 46.6 Å². The fourth-order valence-corrected chi connectivity index (χ4v) is 4.11. The lowest BCUT2D eigenvalue weighted by molar-refractivity contribution is 0.372. The van der Waals surface area contributed by atoms with Crippen molar-refractivity contribution in [3.63, 3.8) is 0 Å². The molecule has 4 rings (SSSR count). The van der Waals surface area contributed by atoms with Crippen molar-refractivity contribution in [2.24, 2.45) is 4.99 Å². The molecule has 2 aromatic heterocycles. The lowest BCUT2D eigenvalue weighted by Crippen LogP contribution is -2.52. The number of halogens is 1. The van der Waals surface area contributed by atoms with Crippen LogP contribution in [0.25, 0.3) is 5.69 Å². The van der Waals surface area contributed by atoms with E-state index in [1.807, 2.05) is 54.5 Å². The van der Waals surface area contributed by atoms with Crippen LogP contribution in [0.4, 0.5) is 5.13 Å². The van der Waals surface area contributed by atoms with Crippen molar-refractivity contribution in [1.82, 2.24) is 29.4 Å². The van der Waals surface area contributed by atoms with E-state index in [0.29, 0.717) is 6.54 Å². The maximum absolute atomic E-state index is 4.61. The molecule has 1 aliphatic rings. The maximum Gasteiger partial charge on any atom is 0.205 e. The zero-order valence-corrected chi connectivity index (χ0v) is 20.4. The lowest BCUT2D eigenvalue weighted by Gasteiger charge is -2.36. The van der Waals surface area contributed by atoms with Crippen LogP contribution >= 0.6 is 35.5 Å². The van der Waals surface area contributed by atoms with Gasteiger partial charge in [0.05, 0.1) is 11.9 Å². The second-order valence-electron chi connectivity index (χ2n) is 6.85. The first-order chi connectivity index (χ1) is 14.3. The molecule has 1 aliphatic heterocycles. The topological polar surface area (TPSA) is 74.5 Å². The number of hydrogen-bond donors (Lipinski definition) is 1. The Morgan fingerprint density at radius 2 is 1.93 bits per heavy atom. The summed E-state index contributed by atoms with van der Waals surface area (Å²) >= 11 is 1.50. The van der Waals surface area contributed by atoms with E-state index in [1.165, 1.54) is 11.5 Å². The van der Waals surface area contributed by atoms with Crippen LogP contribution in [-0.4, -0.2) is 63.2 Å². The molecule has 0 saturated carbocycles. The SMILES string of the molecule is CCc1nsc(N2CCN(C(=NC)NCc3cnn(-c4ccccc4)c3)CC2)n1.I. The highest BCUT2D eigenvalue weighted by Crippen LogP contribution is 2.19. The first-order valence-corrected chi connectivity index (χ1v) is 10.7. The number of para-hydroxylation sites is 1. The van der Waals surface area contributed by atoms with E-state index < -0.39 is 0 Å². The average Bonchev–Trinajstić information content (AvgIpc) is 3.45. The average molecular weight is 538 g/mol. The van der Waals surface area contributed by atoms with Crippen LogP contribution in [0, 0.1) is 0 Å². The maximum atomic E-state index is 4.61. The van der Waals surface area contributed by atoms with E-state index in [9.17, 15) is 0 Å². The second kappa shape index (κ2) is 10.7. The summed E-state index contributed by atoms with van der Waals surface area (Å²) in [5.41, 5.74) is 2.18. The number of hydrogen-bond acceptors (Lipinski definition) is 6. The molecule has 1 aromatic carbocycles. The molecule has 0 atom stereocenters. The van der Waals surface area contributed by atoms with Gasteiger partial charge in [-0.15, -0.1) is 24.0 Å². The minimum absolute atomic E-state index is 0. The van der Waals surface area contributed by atoms with Gasteiger partial charge in [0, 0.05) is 69.5 Å². The zero-order chi connectivity index (χ0) is 20.1. The molecule has 8 nitrogen and oxygen atoms in total. The fourth-order valence-electron chi connectivity index (χ4n) is 3.31. The molecule has 30 heavy (non-hydrogen) atoms. The summed E-state index contributed by atoms with van der Waals surface area (Å²) in [5.74, 6) is 1.85. The van der Waals surface area contributed by atoms with Gasteiger partial charge in [-0.2, -0.15) is 9.47 Å². The van der Waals surface area contributed by atoms with Crippen molar-refractivity contribution in [3.8, 4) is 5.69 Å². The van der Waals surface area contributed by atoms with Gasteiger partial charge in [0.2, 0.25) is 5.13 Å². The molecular weight excluding hydrogens is 511 g/mol.